The third kappa shape index (κ3) is 1.88. The van der Waals surface area contributed by atoms with E-state index in [1.807, 2.05) is 0 Å². The van der Waals surface area contributed by atoms with E-state index in [4.69, 9.17) is 0 Å². The smallest absolute Gasteiger partial charge is 0.396 e. The normalized spacial score (nSPS) is 15.5. The molecule has 0 aliphatic carbocycles. The third-order valence-electron chi connectivity index (χ3n) is 2.95. The Morgan fingerprint density at radius 3 is 2.41 bits per heavy atom. The van der Waals surface area contributed by atoms with E-state index in [9.17, 15) is 0 Å². The van der Waals surface area contributed by atoms with Gasteiger partial charge in [-0.2, -0.15) is 0 Å². The number of hydrogen-bond acceptors (Lipinski definition) is 0. The van der Waals surface area contributed by atoms with Crippen LogP contribution in [0.5, 0.6) is 0 Å². The van der Waals surface area contributed by atoms with Gasteiger partial charge in [-0.25, -0.2) is 31.5 Å². The van der Waals surface area contributed by atoms with Crippen molar-refractivity contribution in [1.82, 2.24) is 0 Å². The first-order chi connectivity index (χ1) is 8.00. The summed E-state index contributed by atoms with van der Waals surface area (Å²) in [5.74, 6) is 0. The van der Waals surface area contributed by atoms with Gasteiger partial charge in [-0.1, -0.05) is 33.5 Å². The molecule has 0 amide bonds. The molecule has 1 aliphatic rings. The summed E-state index contributed by atoms with van der Waals surface area (Å²) >= 11 is 14.7. The van der Waals surface area contributed by atoms with Gasteiger partial charge in [0.25, 0.3) is 0 Å². The maximum absolute atomic E-state index is 3.81. The summed E-state index contributed by atoms with van der Waals surface area (Å²) in [7, 11) is 0. The maximum Gasteiger partial charge on any atom is 0.427 e. The van der Waals surface area contributed by atoms with Crippen LogP contribution in [0.1, 0.15) is 0 Å². The minimum atomic E-state index is -1.09. The average Bonchev–Trinajstić information content (AvgIpc) is 2.49. The van der Waals surface area contributed by atoms with Gasteiger partial charge in [-0.3, -0.25) is 0 Å². The van der Waals surface area contributed by atoms with E-state index in [1.54, 1.807) is 0 Å². The zero-order valence-electron chi connectivity index (χ0n) is 8.50. The van der Waals surface area contributed by atoms with E-state index in [2.05, 4.69) is 104 Å². The number of benzene rings is 1. The Kier molecular flexibility index (Phi) is 3.05. The number of rotatable bonds is 0. The Morgan fingerprint density at radius 1 is 0.941 bits per heavy atom. The van der Waals surface area contributed by atoms with Crippen molar-refractivity contribution in [3.63, 3.8) is 0 Å². The first-order valence-electron chi connectivity index (χ1n) is 5.03. The lowest BCUT2D eigenvalue weighted by atomic mass is 9.82. The molecule has 3 rings (SSSR count). The topological polar surface area (TPSA) is 3.88 Å². The molecule has 0 unspecified atom stereocenters. The highest BCUT2D eigenvalue weighted by Gasteiger charge is 2.42. The highest BCUT2D eigenvalue weighted by molar-refractivity contribution is 9.51. The second kappa shape index (κ2) is 4.18. The molecule has 1 aromatic carbocycles. The van der Waals surface area contributed by atoms with Crippen molar-refractivity contribution in [1.29, 1.82) is 0 Å². The molecule has 0 atom stereocenters. The molecule has 2 aromatic rings. The molecule has 86 valence electrons. The summed E-state index contributed by atoms with van der Waals surface area (Å²) in [4.78, 5) is 0. The molecule has 17 heavy (non-hydrogen) atoms. The van der Waals surface area contributed by atoms with Crippen LogP contribution in [0.2, 0.25) is 0 Å². The van der Waals surface area contributed by atoms with Gasteiger partial charge in [-0.15, -0.1) is 0 Å². The van der Waals surface area contributed by atoms with E-state index < -0.39 is 3.93 Å². The molecule has 0 bridgehead atoms. The van der Waals surface area contributed by atoms with Crippen LogP contribution in [-0.2, 0) is 0 Å². The minimum absolute atomic E-state index is 1.07. The van der Waals surface area contributed by atoms with Crippen LogP contribution < -0.4 is 9.94 Å². The molecule has 6 heteroatoms. The fraction of sp³-hybridized carbons (Fsp3) is 0. The van der Waals surface area contributed by atoms with Crippen LogP contribution in [0, 0.1) is 0 Å². The van der Waals surface area contributed by atoms with E-state index in [-0.39, 0.29) is 0 Å². The third-order valence-corrected chi connectivity index (χ3v) is 5.79. The molecule has 0 saturated carbocycles. The first kappa shape index (κ1) is 12.4. The van der Waals surface area contributed by atoms with Crippen LogP contribution in [0.3, 0.4) is 0 Å². The second-order valence-electron chi connectivity index (χ2n) is 4.00. The number of aromatic nitrogens is 1. The monoisotopic (exact) mass is 479 g/mol. The van der Waals surface area contributed by atoms with Crippen molar-refractivity contribution in [3.8, 4) is 11.3 Å². The summed E-state index contributed by atoms with van der Waals surface area (Å²) in [5.41, 5.74) is 3.73. The molecule has 2 heterocycles. The van der Waals surface area contributed by atoms with Crippen LogP contribution in [-0.4, -0.2) is 3.93 Å². The summed E-state index contributed by atoms with van der Waals surface area (Å²) in [5, 5.41) is 0. The van der Waals surface area contributed by atoms with E-state index in [0.717, 1.165) is 8.95 Å². The average molecular weight is 483 g/mol. The summed E-state index contributed by atoms with van der Waals surface area (Å²) < 4.78 is 3.29. The van der Waals surface area contributed by atoms with Gasteiger partial charge in [0, 0.05) is 16.1 Å². The number of hydrogen-bond donors (Lipinski definition) is 0. The lowest BCUT2D eigenvalue weighted by Gasteiger charge is -2.18. The lowest BCUT2D eigenvalue weighted by Crippen LogP contribution is -2.59. The number of fused-ring (bicyclic) bond motifs is 3. The van der Waals surface area contributed by atoms with Gasteiger partial charge in [0.15, 0.2) is 5.69 Å². The molecule has 0 fully saturated rings. The zero-order valence-corrected chi connectivity index (χ0v) is 14.8. The minimum Gasteiger partial charge on any atom is -0.396 e. The highest BCUT2D eigenvalue weighted by atomic mass is 79.9. The Bertz CT molecular complexity index is 573. The van der Waals surface area contributed by atoms with E-state index in [1.165, 1.54) is 16.7 Å². The second-order valence-corrected chi connectivity index (χ2v) is 9.71. The van der Waals surface area contributed by atoms with Gasteiger partial charge in [0.2, 0.25) is 0 Å². The van der Waals surface area contributed by atoms with Gasteiger partial charge in [0.05, 0.1) is 4.47 Å². The van der Waals surface area contributed by atoms with Crippen LogP contribution >= 0.6 is 63.4 Å². The highest BCUT2D eigenvalue weighted by Crippen LogP contribution is 2.32. The Labute approximate surface area is 133 Å². The first-order valence-corrected chi connectivity index (χ1v) is 8.45. The quantitative estimate of drug-likeness (QED) is 0.501. The maximum atomic E-state index is 3.81. The number of pyridine rings is 1. The molecular formula is C11H6BBr4N. The molecular weight excluding hydrogens is 477 g/mol. The van der Waals surface area contributed by atoms with Gasteiger partial charge < -0.3 is 4.48 Å². The van der Waals surface area contributed by atoms with E-state index in [0.29, 0.717) is 0 Å². The van der Waals surface area contributed by atoms with Crippen molar-refractivity contribution in [2.24, 2.45) is 0 Å². The van der Waals surface area contributed by atoms with Crippen molar-refractivity contribution in [2.45, 2.75) is 0 Å². The van der Waals surface area contributed by atoms with Crippen LogP contribution in [0.25, 0.3) is 11.3 Å². The van der Waals surface area contributed by atoms with Crippen molar-refractivity contribution >= 4 is 72.8 Å². The summed E-state index contributed by atoms with van der Waals surface area (Å²) in [6.07, 6.45) is 2.09. The number of nitrogens with zero attached hydrogens (tertiary/aromatic N) is 1. The largest absolute Gasteiger partial charge is 0.427 e. The van der Waals surface area contributed by atoms with Crippen molar-refractivity contribution < 1.29 is 4.48 Å². The Balaban J connectivity index is 2.37. The van der Waals surface area contributed by atoms with Crippen molar-refractivity contribution in [2.75, 3.05) is 0 Å². The summed E-state index contributed by atoms with van der Waals surface area (Å²) in [6, 6.07) is 10.6. The summed E-state index contributed by atoms with van der Waals surface area (Å²) in [6.45, 7) is 0. The zero-order chi connectivity index (χ0) is 12.2. The Morgan fingerprint density at radius 2 is 1.65 bits per heavy atom. The van der Waals surface area contributed by atoms with Gasteiger partial charge >= 0.3 is 3.93 Å². The van der Waals surface area contributed by atoms with Crippen LogP contribution in [0.4, 0.5) is 0 Å². The molecule has 0 radical (unpaired) electrons. The fourth-order valence-electron chi connectivity index (χ4n) is 2.19. The predicted octanol–water partition coefficient (Wildman–Crippen LogP) is 3.96. The molecule has 1 aliphatic heterocycles. The van der Waals surface area contributed by atoms with Crippen molar-refractivity contribution in [3.05, 3.63) is 45.5 Å². The standard InChI is InChI=1S/C11H6BBr4N/c13-7-1-3-9-10(5-7)12(15,16)17-6-8(14)2-4-11(9)17/h1-6H. The predicted molar refractivity (Wildman–Crippen MR) is 86.1 cm³/mol. The molecule has 1 aromatic heterocycles. The SMILES string of the molecule is Brc1ccc2c(c1)[B-](Br)(Br)[n+]1cc(Br)ccc1-2. The molecule has 0 spiro atoms. The Hall–Kier alpha value is 0.355. The molecule has 0 saturated heterocycles. The lowest BCUT2D eigenvalue weighted by molar-refractivity contribution is -0.517. The fourth-order valence-corrected chi connectivity index (χ4v) is 4.36. The van der Waals surface area contributed by atoms with Crippen LogP contribution in [0.15, 0.2) is 45.5 Å². The van der Waals surface area contributed by atoms with E-state index >= 15 is 0 Å². The number of halogens is 4. The van der Waals surface area contributed by atoms with Gasteiger partial charge in [0.1, 0.15) is 6.20 Å². The molecule has 1 nitrogen and oxygen atoms in total. The molecule has 0 N–H and O–H groups in total. The van der Waals surface area contributed by atoms with Gasteiger partial charge in [-0.05, 0) is 28.1 Å².